The Bertz CT molecular complexity index is 1270. The molecule has 10 heteroatoms. The molecule has 2 aromatic carbocycles. The molecule has 4 rings (SSSR count). The molecular formula is C22H16ClN5O3S. The molecule has 0 spiro atoms. The van der Waals surface area contributed by atoms with Crippen molar-refractivity contribution in [3.05, 3.63) is 81.1 Å². The van der Waals surface area contributed by atoms with Crippen LogP contribution < -0.4 is 16.2 Å². The molecule has 0 saturated heterocycles. The van der Waals surface area contributed by atoms with Crippen LogP contribution in [-0.4, -0.2) is 27.5 Å². The van der Waals surface area contributed by atoms with Crippen LogP contribution in [0.25, 0.3) is 0 Å². The van der Waals surface area contributed by atoms with Crippen molar-refractivity contribution in [1.82, 2.24) is 9.97 Å². The van der Waals surface area contributed by atoms with Crippen LogP contribution in [0.3, 0.4) is 0 Å². The first-order valence-corrected chi connectivity index (χ1v) is 10.9. The Morgan fingerprint density at radius 2 is 1.88 bits per heavy atom. The van der Waals surface area contributed by atoms with Gasteiger partial charge in [0.1, 0.15) is 11.7 Å². The van der Waals surface area contributed by atoms with Gasteiger partial charge in [-0.1, -0.05) is 53.7 Å². The molecule has 1 aliphatic rings. The monoisotopic (exact) mass is 465 g/mol. The number of H-pyrrole nitrogens is 1. The van der Waals surface area contributed by atoms with Gasteiger partial charge in [-0.05, 0) is 29.8 Å². The smallest absolute Gasteiger partial charge is 0.257 e. The number of amides is 2. The van der Waals surface area contributed by atoms with E-state index < -0.39 is 23.3 Å². The maximum Gasteiger partial charge on any atom is 0.257 e. The Balaban J connectivity index is 1.57. The van der Waals surface area contributed by atoms with E-state index in [1.165, 1.54) is 0 Å². The highest BCUT2D eigenvalue weighted by Crippen LogP contribution is 2.38. The number of aromatic nitrogens is 2. The highest BCUT2D eigenvalue weighted by Gasteiger charge is 2.40. The SMILES string of the molecule is N#CC1C(=O)Nc2nc(SCC(=O)Nc3ccc(Cl)cc3)[nH]c(=O)c2C1c1ccccc1. The predicted octanol–water partition coefficient (Wildman–Crippen LogP) is 3.38. The lowest BCUT2D eigenvalue weighted by molar-refractivity contribution is -0.119. The molecule has 2 unspecified atom stereocenters. The van der Waals surface area contributed by atoms with Crippen LogP contribution in [0.1, 0.15) is 17.0 Å². The third kappa shape index (κ3) is 4.51. The van der Waals surface area contributed by atoms with Gasteiger partial charge in [-0.15, -0.1) is 0 Å². The average molecular weight is 466 g/mol. The predicted molar refractivity (Wildman–Crippen MR) is 122 cm³/mol. The molecule has 8 nitrogen and oxygen atoms in total. The fraction of sp³-hybridized carbons (Fsp3) is 0.136. The normalized spacial score (nSPS) is 17.1. The zero-order valence-corrected chi connectivity index (χ0v) is 18.0. The number of hydrogen-bond acceptors (Lipinski definition) is 6. The van der Waals surface area contributed by atoms with Crippen molar-refractivity contribution < 1.29 is 9.59 Å². The van der Waals surface area contributed by atoms with Gasteiger partial charge in [0.15, 0.2) is 5.16 Å². The molecule has 2 amide bonds. The van der Waals surface area contributed by atoms with Gasteiger partial charge in [-0.2, -0.15) is 5.26 Å². The quantitative estimate of drug-likeness (QED) is 0.391. The molecule has 1 aliphatic heterocycles. The summed E-state index contributed by atoms with van der Waals surface area (Å²) in [6, 6.07) is 17.6. The van der Waals surface area contributed by atoms with Crippen molar-refractivity contribution in [1.29, 1.82) is 5.26 Å². The van der Waals surface area contributed by atoms with Gasteiger partial charge in [0.05, 0.1) is 17.4 Å². The molecule has 0 fully saturated rings. The number of halogens is 1. The maximum atomic E-state index is 12.9. The van der Waals surface area contributed by atoms with E-state index in [0.29, 0.717) is 16.3 Å². The summed E-state index contributed by atoms with van der Waals surface area (Å²) in [7, 11) is 0. The molecule has 2 heterocycles. The molecule has 1 aromatic heterocycles. The van der Waals surface area contributed by atoms with Gasteiger partial charge in [-0.25, -0.2) is 4.98 Å². The first kappa shape index (κ1) is 21.6. The van der Waals surface area contributed by atoms with Crippen LogP contribution >= 0.6 is 23.4 Å². The highest BCUT2D eigenvalue weighted by molar-refractivity contribution is 7.99. The standard InChI is InChI=1S/C22H16ClN5O3S/c23-13-6-8-14(9-7-13)25-16(29)11-32-22-27-19-18(21(31)28-22)17(12-4-2-1-3-5-12)15(10-24)20(30)26-19/h1-9,15,17H,11H2,(H,25,29)(H2,26,27,28,30,31). The van der Waals surface area contributed by atoms with Gasteiger partial charge in [0.25, 0.3) is 5.56 Å². The molecule has 32 heavy (non-hydrogen) atoms. The average Bonchev–Trinajstić information content (AvgIpc) is 2.79. The third-order valence-electron chi connectivity index (χ3n) is 4.87. The van der Waals surface area contributed by atoms with E-state index in [-0.39, 0.29) is 28.2 Å². The lowest BCUT2D eigenvalue weighted by atomic mass is 9.79. The van der Waals surface area contributed by atoms with Crippen molar-refractivity contribution >= 4 is 46.7 Å². The summed E-state index contributed by atoms with van der Waals surface area (Å²) in [5, 5.41) is 15.6. The first-order valence-electron chi connectivity index (χ1n) is 9.54. The summed E-state index contributed by atoms with van der Waals surface area (Å²) < 4.78 is 0. The second-order valence-electron chi connectivity index (χ2n) is 6.96. The van der Waals surface area contributed by atoms with E-state index in [2.05, 4.69) is 20.6 Å². The van der Waals surface area contributed by atoms with Gasteiger partial charge in [0, 0.05) is 16.6 Å². The largest absolute Gasteiger partial charge is 0.325 e. The van der Waals surface area contributed by atoms with Crippen molar-refractivity contribution in [2.45, 2.75) is 11.1 Å². The number of carbonyl (C=O) groups excluding carboxylic acids is 2. The number of nitrogens with one attached hydrogen (secondary N) is 3. The number of nitrogens with zero attached hydrogens (tertiary/aromatic N) is 2. The number of carbonyl (C=O) groups is 2. The number of anilines is 2. The molecule has 0 radical (unpaired) electrons. The summed E-state index contributed by atoms with van der Waals surface area (Å²) in [6.45, 7) is 0. The molecular weight excluding hydrogens is 450 g/mol. The van der Waals surface area contributed by atoms with E-state index in [1.54, 1.807) is 48.5 Å². The Kier molecular flexibility index (Phi) is 6.25. The molecule has 160 valence electrons. The van der Waals surface area contributed by atoms with Crippen LogP contribution in [-0.2, 0) is 9.59 Å². The number of benzene rings is 2. The molecule has 0 bridgehead atoms. The van der Waals surface area contributed by atoms with E-state index in [1.807, 2.05) is 12.1 Å². The van der Waals surface area contributed by atoms with E-state index in [9.17, 15) is 19.6 Å². The summed E-state index contributed by atoms with van der Waals surface area (Å²) >= 11 is 6.86. The topological polar surface area (TPSA) is 128 Å². The second kappa shape index (κ2) is 9.26. The molecule has 0 aliphatic carbocycles. The van der Waals surface area contributed by atoms with Crippen molar-refractivity contribution in [2.24, 2.45) is 5.92 Å². The third-order valence-corrected chi connectivity index (χ3v) is 5.99. The Morgan fingerprint density at radius 1 is 1.16 bits per heavy atom. The minimum absolute atomic E-state index is 0.0127. The summed E-state index contributed by atoms with van der Waals surface area (Å²) in [6.07, 6.45) is 0. The van der Waals surface area contributed by atoms with Gasteiger partial charge < -0.3 is 15.6 Å². The Labute approximate surface area is 192 Å². The number of aromatic amines is 1. The van der Waals surface area contributed by atoms with Crippen LogP contribution in [0, 0.1) is 17.2 Å². The van der Waals surface area contributed by atoms with E-state index in [4.69, 9.17) is 11.6 Å². The lowest BCUT2D eigenvalue weighted by Gasteiger charge is -2.28. The summed E-state index contributed by atoms with van der Waals surface area (Å²) in [5.41, 5.74) is 1.01. The highest BCUT2D eigenvalue weighted by atomic mass is 35.5. The molecule has 3 N–H and O–H groups in total. The number of hydrogen-bond donors (Lipinski definition) is 3. The van der Waals surface area contributed by atoms with Crippen LogP contribution in [0.5, 0.6) is 0 Å². The number of thioether (sulfide) groups is 1. The second-order valence-corrected chi connectivity index (χ2v) is 8.36. The van der Waals surface area contributed by atoms with E-state index >= 15 is 0 Å². The zero-order valence-electron chi connectivity index (χ0n) is 16.5. The first-order chi connectivity index (χ1) is 15.5. The fourth-order valence-corrected chi connectivity index (χ4v) is 4.23. The lowest BCUT2D eigenvalue weighted by Crippen LogP contribution is -2.38. The molecule has 0 saturated carbocycles. The van der Waals surface area contributed by atoms with Crippen molar-refractivity contribution in [3.8, 4) is 6.07 Å². The van der Waals surface area contributed by atoms with Crippen molar-refractivity contribution in [3.63, 3.8) is 0 Å². The zero-order chi connectivity index (χ0) is 22.7. The van der Waals surface area contributed by atoms with Gasteiger partial charge >= 0.3 is 0 Å². The number of fused-ring (bicyclic) bond motifs is 1. The summed E-state index contributed by atoms with van der Waals surface area (Å²) in [5.74, 6) is -2.54. The van der Waals surface area contributed by atoms with E-state index in [0.717, 1.165) is 11.8 Å². The molecule has 3 aromatic rings. The minimum atomic E-state index is -1.06. The Morgan fingerprint density at radius 3 is 2.56 bits per heavy atom. The minimum Gasteiger partial charge on any atom is -0.325 e. The fourth-order valence-electron chi connectivity index (χ4n) is 3.44. The van der Waals surface area contributed by atoms with Gasteiger partial charge in [-0.3, -0.25) is 14.4 Å². The summed E-state index contributed by atoms with van der Waals surface area (Å²) in [4.78, 5) is 44.7. The van der Waals surface area contributed by atoms with Crippen LogP contribution in [0.4, 0.5) is 11.5 Å². The Hall–Kier alpha value is -3.61. The number of rotatable bonds is 5. The maximum absolute atomic E-state index is 12.9. The van der Waals surface area contributed by atoms with Gasteiger partial charge in [0.2, 0.25) is 11.8 Å². The number of nitriles is 1. The van der Waals surface area contributed by atoms with Crippen LogP contribution in [0.2, 0.25) is 5.02 Å². The van der Waals surface area contributed by atoms with Crippen molar-refractivity contribution in [2.75, 3.05) is 16.4 Å². The molecule has 2 atom stereocenters. The van der Waals surface area contributed by atoms with Crippen LogP contribution in [0.15, 0.2) is 64.5 Å².